The summed E-state index contributed by atoms with van der Waals surface area (Å²) in [6, 6.07) is 11.7. The predicted octanol–water partition coefficient (Wildman–Crippen LogP) is 2.58. The lowest BCUT2D eigenvalue weighted by Crippen LogP contribution is -2.35. The molecular formula is C20H29N3O4S. The molecule has 0 fully saturated rings. The number of carbonyl (C=O) groups excluding carboxylic acids is 1. The van der Waals surface area contributed by atoms with Crippen LogP contribution in [-0.2, 0) is 10.0 Å². The molecule has 0 saturated carbocycles. The van der Waals surface area contributed by atoms with Crippen molar-refractivity contribution in [3.05, 3.63) is 42.0 Å². The van der Waals surface area contributed by atoms with E-state index in [2.05, 4.69) is 21.4 Å². The van der Waals surface area contributed by atoms with E-state index in [9.17, 15) is 13.2 Å². The van der Waals surface area contributed by atoms with Crippen LogP contribution in [0.5, 0.6) is 5.75 Å². The highest BCUT2D eigenvalue weighted by Gasteiger charge is 2.17. The second-order valence-electron chi connectivity index (χ2n) is 6.97. The van der Waals surface area contributed by atoms with E-state index in [1.807, 2.05) is 37.3 Å². The zero-order chi connectivity index (χ0) is 20.7. The number of benzene rings is 2. The van der Waals surface area contributed by atoms with Gasteiger partial charge < -0.3 is 15.4 Å². The van der Waals surface area contributed by atoms with Crippen LogP contribution in [0.25, 0.3) is 10.8 Å². The highest BCUT2D eigenvalue weighted by molar-refractivity contribution is 7.90. The third kappa shape index (κ3) is 6.10. The van der Waals surface area contributed by atoms with Crippen molar-refractivity contribution < 1.29 is 17.9 Å². The van der Waals surface area contributed by atoms with E-state index in [0.29, 0.717) is 19.7 Å². The van der Waals surface area contributed by atoms with Gasteiger partial charge in [-0.3, -0.25) is 0 Å². The number of ether oxygens (including phenoxy) is 1. The maximum Gasteiger partial charge on any atom is 0.314 e. The first kappa shape index (κ1) is 22.0. The van der Waals surface area contributed by atoms with E-state index in [-0.39, 0.29) is 11.9 Å². The van der Waals surface area contributed by atoms with Crippen molar-refractivity contribution >= 4 is 26.8 Å². The number of fused-ring (bicyclic) bond motifs is 1. The lowest BCUT2D eigenvalue weighted by atomic mass is 9.98. The zero-order valence-corrected chi connectivity index (χ0v) is 17.6. The Morgan fingerprint density at radius 3 is 2.43 bits per heavy atom. The summed E-state index contributed by atoms with van der Waals surface area (Å²) in [5, 5.41) is 6.80. The fraction of sp³-hybridized carbons (Fsp3) is 0.450. The number of hydrogen-bond acceptors (Lipinski definition) is 4. The van der Waals surface area contributed by atoms with Crippen molar-refractivity contribution in [1.82, 2.24) is 15.4 Å². The first-order chi connectivity index (χ1) is 13.2. The van der Waals surface area contributed by atoms with Gasteiger partial charge in [0.1, 0.15) is 12.4 Å². The summed E-state index contributed by atoms with van der Waals surface area (Å²) in [6.45, 7) is 6.49. The maximum absolute atomic E-state index is 11.9. The third-order valence-electron chi connectivity index (χ3n) is 4.50. The molecule has 3 N–H and O–H groups in total. The van der Waals surface area contributed by atoms with Crippen LogP contribution in [0.1, 0.15) is 32.3 Å². The van der Waals surface area contributed by atoms with Crippen LogP contribution in [0.3, 0.4) is 0 Å². The van der Waals surface area contributed by atoms with Crippen LogP contribution < -0.4 is 20.1 Å². The summed E-state index contributed by atoms with van der Waals surface area (Å²) in [4.78, 5) is 11.1. The monoisotopic (exact) mass is 407 g/mol. The Labute approximate surface area is 166 Å². The standard InChI is InChI=1S/C20H29N3O4S/c1-14(2)28(25,26)23-13-15(3)16-5-6-18-12-19(8-7-17(18)11-16)27-10-9-22-20(24)21-4/h5-8,11-12,14-15,23H,9-10,13H2,1-4H3,(H2,21,22,24). The van der Waals surface area contributed by atoms with Crippen LogP contribution in [0.4, 0.5) is 4.79 Å². The number of hydrogen-bond donors (Lipinski definition) is 3. The van der Waals surface area contributed by atoms with Gasteiger partial charge in [-0.2, -0.15) is 0 Å². The Morgan fingerprint density at radius 2 is 1.75 bits per heavy atom. The molecule has 8 heteroatoms. The van der Waals surface area contributed by atoms with E-state index in [4.69, 9.17) is 4.74 Å². The third-order valence-corrected chi connectivity index (χ3v) is 6.31. The van der Waals surface area contributed by atoms with Crippen molar-refractivity contribution in [1.29, 1.82) is 0 Å². The van der Waals surface area contributed by atoms with Crippen LogP contribution in [0.2, 0.25) is 0 Å². The number of urea groups is 1. The molecule has 0 aliphatic carbocycles. The Morgan fingerprint density at radius 1 is 1.07 bits per heavy atom. The normalized spacial score (nSPS) is 12.8. The average Bonchev–Trinajstić information content (AvgIpc) is 2.68. The summed E-state index contributed by atoms with van der Waals surface area (Å²) < 4.78 is 32.2. The van der Waals surface area contributed by atoms with Gasteiger partial charge in [-0.15, -0.1) is 0 Å². The van der Waals surface area contributed by atoms with Crippen molar-refractivity contribution in [2.45, 2.75) is 31.9 Å². The molecular weight excluding hydrogens is 378 g/mol. The molecule has 2 aromatic carbocycles. The van der Waals surface area contributed by atoms with Gasteiger partial charge in [0.05, 0.1) is 11.8 Å². The molecule has 0 aromatic heterocycles. The number of sulfonamides is 1. The minimum atomic E-state index is -3.26. The van der Waals surface area contributed by atoms with Crippen molar-refractivity contribution in [3.63, 3.8) is 0 Å². The van der Waals surface area contributed by atoms with Crippen LogP contribution in [-0.4, -0.2) is 46.4 Å². The molecule has 2 rings (SSSR count). The molecule has 154 valence electrons. The Bertz CT molecular complexity index is 913. The van der Waals surface area contributed by atoms with Crippen molar-refractivity contribution in [3.8, 4) is 5.75 Å². The predicted molar refractivity (Wildman–Crippen MR) is 112 cm³/mol. The molecule has 2 amide bonds. The van der Waals surface area contributed by atoms with Gasteiger partial charge in [0.15, 0.2) is 0 Å². The van der Waals surface area contributed by atoms with E-state index < -0.39 is 15.3 Å². The van der Waals surface area contributed by atoms with E-state index in [0.717, 1.165) is 22.1 Å². The van der Waals surface area contributed by atoms with Crippen LogP contribution in [0.15, 0.2) is 36.4 Å². The molecule has 0 radical (unpaired) electrons. The molecule has 0 aliphatic rings. The zero-order valence-electron chi connectivity index (χ0n) is 16.8. The Balaban J connectivity index is 1.99. The Hall–Kier alpha value is -2.32. The average molecular weight is 408 g/mol. The molecule has 0 heterocycles. The molecule has 0 bridgehead atoms. The number of amides is 2. The fourth-order valence-electron chi connectivity index (χ4n) is 2.59. The molecule has 1 atom stereocenters. The summed E-state index contributed by atoms with van der Waals surface area (Å²) >= 11 is 0. The Kier molecular flexibility index (Phi) is 7.65. The minimum Gasteiger partial charge on any atom is -0.492 e. The van der Waals surface area contributed by atoms with Crippen LogP contribution in [0, 0.1) is 0 Å². The largest absolute Gasteiger partial charge is 0.492 e. The lowest BCUT2D eigenvalue weighted by Gasteiger charge is -2.16. The van der Waals surface area contributed by atoms with Crippen molar-refractivity contribution in [2.24, 2.45) is 0 Å². The molecule has 0 saturated heterocycles. The molecule has 0 aliphatic heterocycles. The smallest absolute Gasteiger partial charge is 0.314 e. The van der Waals surface area contributed by atoms with Gasteiger partial charge in [0.25, 0.3) is 0 Å². The first-order valence-electron chi connectivity index (χ1n) is 9.33. The molecule has 2 aromatic rings. The molecule has 7 nitrogen and oxygen atoms in total. The number of nitrogens with one attached hydrogen (secondary N) is 3. The summed E-state index contributed by atoms with van der Waals surface area (Å²) in [6.07, 6.45) is 0. The molecule has 28 heavy (non-hydrogen) atoms. The SMILES string of the molecule is CNC(=O)NCCOc1ccc2cc(C(C)CNS(=O)(=O)C(C)C)ccc2c1. The van der Waals surface area contributed by atoms with E-state index >= 15 is 0 Å². The summed E-state index contributed by atoms with van der Waals surface area (Å²) in [5.74, 6) is 0.793. The van der Waals surface area contributed by atoms with Crippen LogP contribution >= 0.6 is 0 Å². The van der Waals surface area contributed by atoms with Gasteiger partial charge in [0, 0.05) is 13.6 Å². The van der Waals surface area contributed by atoms with Gasteiger partial charge in [-0.1, -0.05) is 31.2 Å². The first-order valence-corrected chi connectivity index (χ1v) is 10.9. The highest BCUT2D eigenvalue weighted by atomic mass is 32.2. The summed E-state index contributed by atoms with van der Waals surface area (Å²) in [7, 11) is -1.70. The summed E-state index contributed by atoms with van der Waals surface area (Å²) in [5.41, 5.74) is 1.07. The van der Waals surface area contributed by atoms with E-state index in [1.54, 1.807) is 20.9 Å². The molecule has 0 spiro atoms. The van der Waals surface area contributed by atoms with Gasteiger partial charge >= 0.3 is 6.03 Å². The van der Waals surface area contributed by atoms with Crippen molar-refractivity contribution in [2.75, 3.05) is 26.7 Å². The maximum atomic E-state index is 11.9. The fourth-order valence-corrected chi connectivity index (χ4v) is 3.40. The minimum absolute atomic E-state index is 0.0599. The number of carbonyl (C=O) groups is 1. The quantitative estimate of drug-likeness (QED) is 0.557. The second kappa shape index (κ2) is 9.75. The van der Waals surface area contributed by atoms with Gasteiger partial charge in [0.2, 0.25) is 10.0 Å². The van der Waals surface area contributed by atoms with E-state index in [1.165, 1.54) is 0 Å². The lowest BCUT2D eigenvalue weighted by molar-refractivity contribution is 0.238. The topological polar surface area (TPSA) is 96.5 Å². The van der Waals surface area contributed by atoms with Gasteiger partial charge in [-0.05, 0) is 48.2 Å². The number of rotatable bonds is 9. The highest BCUT2D eigenvalue weighted by Crippen LogP contribution is 2.25. The van der Waals surface area contributed by atoms with Gasteiger partial charge in [-0.25, -0.2) is 17.9 Å². The second-order valence-corrected chi connectivity index (χ2v) is 9.29. The molecule has 1 unspecified atom stereocenters.